The molecule has 1 rings (SSSR count). The van der Waals surface area contributed by atoms with Crippen LogP contribution in [0.15, 0.2) is 12.7 Å². The Labute approximate surface area is 100 Å². The van der Waals surface area contributed by atoms with Gasteiger partial charge in [0.1, 0.15) is 6.61 Å². The molecule has 0 unspecified atom stereocenters. The minimum absolute atomic E-state index is 0.0234. The summed E-state index contributed by atoms with van der Waals surface area (Å²) in [5.74, 6) is -0.840. The largest absolute Gasteiger partial charge is 0.480 e. The zero-order valence-corrected chi connectivity index (χ0v) is 9.80. The van der Waals surface area contributed by atoms with Crippen LogP contribution in [0, 0.1) is 0 Å². The third-order valence-electron chi connectivity index (χ3n) is 2.53. The number of carboxylic acid groups (broad SMARTS) is 1. The normalized spacial score (nSPS) is 17.3. The van der Waals surface area contributed by atoms with Crippen molar-refractivity contribution in [1.29, 1.82) is 0 Å². The first-order valence-electron chi connectivity index (χ1n) is 5.60. The lowest BCUT2D eigenvalue weighted by atomic mass is 10.4. The van der Waals surface area contributed by atoms with Gasteiger partial charge in [-0.15, -0.1) is 0 Å². The number of aliphatic carboxylic acids is 1. The molecule has 0 atom stereocenters. The van der Waals surface area contributed by atoms with Crippen LogP contribution in [-0.2, 0) is 9.53 Å². The summed E-state index contributed by atoms with van der Waals surface area (Å²) in [7, 11) is 0. The van der Waals surface area contributed by atoms with Gasteiger partial charge in [0, 0.05) is 26.2 Å². The highest BCUT2D eigenvalue weighted by Gasteiger charge is 2.20. The van der Waals surface area contributed by atoms with E-state index in [1.165, 1.54) is 6.08 Å². The van der Waals surface area contributed by atoms with Crippen molar-refractivity contribution in [3.63, 3.8) is 0 Å². The Morgan fingerprint density at radius 2 is 2.06 bits per heavy atom. The Kier molecular flexibility index (Phi) is 5.48. The van der Waals surface area contributed by atoms with Gasteiger partial charge >= 0.3 is 12.1 Å². The lowest BCUT2D eigenvalue weighted by Gasteiger charge is -2.20. The first kappa shape index (κ1) is 13.5. The van der Waals surface area contributed by atoms with E-state index in [0.29, 0.717) is 26.2 Å². The Hall–Kier alpha value is -1.56. The number of carbonyl (C=O) groups excluding carboxylic acids is 1. The second-order valence-corrected chi connectivity index (χ2v) is 3.88. The highest BCUT2D eigenvalue weighted by molar-refractivity contribution is 5.69. The predicted molar refractivity (Wildman–Crippen MR) is 61.8 cm³/mol. The fraction of sp³-hybridized carbons (Fsp3) is 0.636. The second-order valence-electron chi connectivity index (χ2n) is 3.88. The minimum atomic E-state index is -0.840. The number of hydrogen-bond donors (Lipinski definition) is 1. The van der Waals surface area contributed by atoms with Crippen LogP contribution in [0.2, 0.25) is 0 Å². The fourth-order valence-corrected chi connectivity index (χ4v) is 1.72. The van der Waals surface area contributed by atoms with Crippen LogP contribution in [0.3, 0.4) is 0 Å². The maximum Gasteiger partial charge on any atom is 0.410 e. The van der Waals surface area contributed by atoms with E-state index >= 15 is 0 Å². The molecule has 6 heteroatoms. The van der Waals surface area contributed by atoms with Crippen LogP contribution in [0.25, 0.3) is 0 Å². The number of ether oxygens (including phenoxy) is 1. The van der Waals surface area contributed by atoms with Crippen molar-refractivity contribution in [2.24, 2.45) is 0 Å². The van der Waals surface area contributed by atoms with Crippen molar-refractivity contribution < 1.29 is 19.4 Å². The molecular weight excluding hydrogens is 224 g/mol. The molecule has 0 radical (unpaired) electrons. The molecule has 0 aliphatic carbocycles. The van der Waals surface area contributed by atoms with E-state index in [1.54, 1.807) is 4.90 Å². The van der Waals surface area contributed by atoms with Crippen molar-refractivity contribution in [2.75, 3.05) is 39.3 Å². The van der Waals surface area contributed by atoms with Crippen LogP contribution in [0.5, 0.6) is 0 Å². The highest BCUT2D eigenvalue weighted by Crippen LogP contribution is 2.04. The molecule has 1 amide bonds. The van der Waals surface area contributed by atoms with Gasteiger partial charge in [-0.05, 0) is 6.42 Å². The monoisotopic (exact) mass is 242 g/mol. The van der Waals surface area contributed by atoms with Gasteiger partial charge in [-0.25, -0.2) is 4.79 Å². The highest BCUT2D eigenvalue weighted by atomic mass is 16.6. The van der Waals surface area contributed by atoms with Gasteiger partial charge in [-0.1, -0.05) is 12.7 Å². The molecule has 0 aromatic carbocycles. The van der Waals surface area contributed by atoms with E-state index in [-0.39, 0.29) is 19.2 Å². The number of hydrogen-bond acceptors (Lipinski definition) is 4. The molecule has 0 bridgehead atoms. The molecule has 17 heavy (non-hydrogen) atoms. The predicted octanol–water partition coefficient (Wildman–Crippen LogP) is 0.401. The average Bonchev–Trinajstić information content (AvgIpc) is 2.51. The summed E-state index contributed by atoms with van der Waals surface area (Å²) in [5, 5.41) is 8.69. The van der Waals surface area contributed by atoms with Gasteiger partial charge < -0.3 is 14.7 Å². The molecule has 1 heterocycles. The number of carbonyl (C=O) groups is 2. The van der Waals surface area contributed by atoms with Crippen molar-refractivity contribution in [2.45, 2.75) is 6.42 Å². The van der Waals surface area contributed by atoms with Gasteiger partial charge in [-0.2, -0.15) is 0 Å². The molecule has 0 aromatic rings. The van der Waals surface area contributed by atoms with E-state index in [1.807, 2.05) is 4.90 Å². The molecule has 0 aromatic heterocycles. The SMILES string of the molecule is C=CCOC(=O)N1CCCN(CC(=O)O)CC1. The molecule has 0 spiro atoms. The van der Waals surface area contributed by atoms with E-state index in [2.05, 4.69) is 6.58 Å². The fourth-order valence-electron chi connectivity index (χ4n) is 1.72. The van der Waals surface area contributed by atoms with Gasteiger partial charge in [-0.3, -0.25) is 9.69 Å². The van der Waals surface area contributed by atoms with Crippen LogP contribution in [-0.4, -0.2) is 66.3 Å². The van der Waals surface area contributed by atoms with E-state index in [9.17, 15) is 9.59 Å². The van der Waals surface area contributed by atoms with Crippen molar-refractivity contribution in [1.82, 2.24) is 9.80 Å². The summed E-state index contributed by atoms with van der Waals surface area (Å²) in [6.45, 7) is 6.06. The van der Waals surface area contributed by atoms with Crippen molar-refractivity contribution in [3.8, 4) is 0 Å². The third kappa shape index (κ3) is 4.86. The zero-order valence-electron chi connectivity index (χ0n) is 9.80. The van der Waals surface area contributed by atoms with Gasteiger partial charge in [0.15, 0.2) is 0 Å². The molecule has 0 saturated carbocycles. The first-order valence-corrected chi connectivity index (χ1v) is 5.60. The van der Waals surface area contributed by atoms with Gasteiger partial charge in [0.2, 0.25) is 0 Å². The molecule has 1 saturated heterocycles. The Balaban J connectivity index is 2.38. The lowest BCUT2D eigenvalue weighted by molar-refractivity contribution is -0.138. The standard InChI is InChI=1S/C11H18N2O4/c1-2-8-17-11(16)13-5-3-4-12(6-7-13)9-10(14)15/h2H,1,3-9H2,(H,14,15). The van der Waals surface area contributed by atoms with Gasteiger partial charge in [0.25, 0.3) is 0 Å². The van der Waals surface area contributed by atoms with Crippen molar-refractivity contribution in [3.05, 3.63) is 12.7 Å². The zero-order chi connectivity index (χ0) is 12.7. The van der Waals surface area contributed by atoms with E-state index in [0.717, 1.165) is 6.42 Å². The molecule has 1 aliphatic heterocycles. The molecule has 96 valence electrons. The summed E-state index contributed by atoms with van der Waals surface area (Å²) < 4.78 is 4.94. The molecule has 1 N–H and O–H groups in total. The molecular formula is C11H18N2O4. The maximum atomic E-state index is 11.6. The molecule has 6 nitrogen and oxygen atoms in total. The number of nitrogens with zero attached hydrogens (tertiary/aromatic N) is 2. The minimum Gasteiger partial charge on any atom is -0.480 e. The lowest BCUT2D eigenvalue weighted by Crippen LogP contribution is -2.37. The topological polar surface area (TPSA) is 70.1 Å². The van der Waals surface area contributed by atoms with Crippen LogP contribution < -0.4 is 0 Å². The summed E-state index contributed by atoms with van der Waals surface area (Å²) in [6, 6.07) is 0. The van der Waals surface area contributed by atoms with Crippen LogP contribution in [0.1, 0.15) is 6.42 Å². The Morgan fingerprint density at radius 1 is 1.29 bits per heavy atom. The van der Waals surface area contributed by atoms with E-state index in [4.69, 9.17) is 9.84 Å². The second kappa shape index (κ2) is 6.90. The third-order valence-corrected chi connectivity index (χ3v) is 2.53. The number of rotatable bonds is 4. The number of carboxylic acids is 1. The smallest absolute Gasteiger partial charge is 0.410 e. The Morgan fingerprint density at radius 3 is 2.71 bits per heavy atom. The van der Waals surface area contributed by atoms with Crippen molar-refractivity contribution >= 4 is 12.1 Å². The first-order chi connectivity index (χ1) is 8.13. The Bertz CT molecular complexity index is 293. The summed E-state index contributed by atoms with van der Waals surface area (Å²) in [4.78, 5) is 25.6. The number of amides is 1. The summed E-state index contributed by atoms with van der Waals surface area (Å²) in [6.07, 6.45) is 1.92. The summed E-state index contributed by atoms with van der Waals surface area (Å²) >= 11 is 0. The summed E-state index contributed by atoms with van der Waals surface area (Å²) in [5.41, 5.74) is 0. The van der Waals surface area contributed by atoms with Crippen LogP contribution in [0.4, 0.5) is 4.79 Å². The maximum absolute atomic E-state index is 11.6. The molecule has 1 aliphatic rings. The molecule has 1 fully saturated rings. The average molecular weight is 242 g/mol. The van der Waals surface area contributed by atoms with Crippen LogP contribution >= 0.6 is 0 Å². The van der Waals surface area contributed by atoms with E-state index < -0.39 is 5.97 Å². The van der Waals surface area contributed by atoms with Gasteiger partial charge in [0.05, 0.1) is 6.54 Å². The quantitative estimate of drug-likeness (QED) is 0.723.